The lowest BCUT2D eigenvalue weighted by atomic mass is 11.9. The second kappa shape index (κ2) is 1.77. The van der Waals surface area contributed by atoms with E-state index in [9.17, 15) is 13.0 Å². The molecule has 0 amide bonds. The molecule has 0 aromatic carbocycles. The minimum atomic E-state index is -4.15. The Bertz CT molecular complexity index is 113. The first-order valence-corrected chi connectivity index (χ1v) is 3.17. The Hall–Kier alpha value is 0.200. The van der Waals surface area contributed by atoms with Crippen molar-refractivity contribution in [2.75, 3.05) is 5.21 Å². The highest BCUT2D eigenvalue weighted by atomic mass is 35.5. The van der Waals surface area contributed by atoms with E-state index in [-0.39, 0.29) is 0 Å². The predicted octanol–water partition coefficient (Wildman–Crippen LogP) is -0.0570. The van der Waals surface area contributed by atoms with Crippen LogP contribution in [0.25, 0.3) is 0 Å². The highest BCUT2D eigenvalue weighted by Crippen LogP contribution is 1.83. The summed E-state index contributed by atoms with van der Waals surface area (Å²) in [6.45, 7) is 0. The molecule has 1 radical (unpaired) electrons. The number of hydrogen-bond acceptors (Lipinski definition) is 2. The van der Waals surface area contributed by atoms with E-state index in [4.69, 9.17) is 0 Å². The van der Waals surface area contributed by atoms with E-state index < -0.39 is 15.3 Å². The van der Waals surface area contributed by atoms with Crippen LogP contribution in [0.5, 0.6) is 0 Å². The van der Waals surface area contributed by atoms with Gasteiger partial charge in [-0.05, 0) is 0 Å². The summed E-state index contributed by atoms with van der Waals surface area (Å²) >= 11 is 4.58. The summed E-state index contributed by atoms with van der Waals surface area (Å²) in [6, 6.07) is 0. The van der Waals surface area contributed by atoms with Crippen LogP contribution in [-0.2, 0) is 14.7 Å². The van der Waals surface area contributed by atoms with Crippen molar-refractivity contribution in [1.82, 2.24) is 0 Å². The Morgan fingerprint density at radius 1 is 1.50 bits per heavy atom. The van der Waals surface area contributed by atoms with Gasteiger partial charge in [0.15, 0.2) is 5.21 Å². The molecule has 5 heteroatoms. The maximum Gasteiger partial charge on any atom is 0.308 e. The molecule has 0 aliphatic rings. The molecule has 0 rings (SSSR count). The zero-order valence-corrected chi connectivity index (χ0v) is 4.29. The second-order valence-electron chi connectivity index (χ2n) is 0.667. The minimum Gasteiger partial charge on any atom is -0.196 e. The molecule has 0 saturated heterocycles. The van der Waals surface area contributed by atoms with Crippen LogP contribution in [0.4, 0.5) is 0 Å². The van der Waals surface area contributed by atoms with Gasteiger partial charge in [0.25, 0.3) is 0 Å². The van der Waals surface area contributed by atoms with Crippen molar-refractivity contribution in [2.24, 2.45) is 0 Å². The van der Waals surface area contributed by atoms with Gasteiger partial charge in [-0.3, -0.25) is 0 Å². The van der Waals surface area contributed by atoms with Gasteiger partial charge in [-0.25, -0.2) is 0 Å². The fourth-order valence-corrected chi connectivity index (χ4v) is 0. The van der Waals surface area contributed by atoms with Crippen molar-refractivity contribution in [3.8, 4) is 0 Å². The van der Waals surface area contributed by atoms with Gasteiger partial charge in [0, 0.05) is 0 Å². The molecule has 0 spiro atoms. The van der Waals surface area contributed by atoms with Gasteiger partial charge in [-0.1, -0.05) is 4.55 Å². The van der Waals surface area contributed by atoms with Gasteiger partial charge in [0.1, 0.15) is 0 Å². The summed E-state index contributed by atoms with van der Waals surface area (Å²) in [5.41, 5.74) is 0. The highest BCUT2D eigenvalue weighted by molar-refractivity contribution is 7.86. The van der Waals surface area contributed by atoms with Crippen molar-refractivity contribution in [2.45, 2.75) is 0 Å². The Labute approximate surface area is 40.7 Å². The summed E-state index contributed by atoms with van der Waals surface area (Å²) in [5.74, 6) is 0. The molecule has 3 nitrogen and oxygen atoms in total. The first-order valence-electron chi connectivity index (χ1n) is 1.06. The summed E-state index contributed by atoms with van der Waals surface area (Å²) in [6.07, 6.45) is 0. The van der Waals surface area contributed by atoms with Gasteiger partial charge in [0.05, 0.1) is 0 Å². The SMILES string of the molecule is [O]S(=O)(=O)CCl. The number of rotatable bonds is 1. The van der Waals surface area contributed by atoms with Crippen LogP contribution in [0.3, 0.4) is 0 Å². The fraction of sp³-hybridized carbons (Fsp3) is 1.00. The Morgan fingerprint density at radius 3 is 1.67 bits per heavy atom. The lowest BCUT2D eigenvalue weighted by Crippen LogP contribution is -1.93. The first kappa shape index (κ1) is 6.20. The van der Waals surface area contributed by atoms with Crippen LogP contribution in [-0.4, -0.2) is 13.6 Å². The zero-order chi connectivity index (χ0) is 5.21. The molecule has 0 aliphatic carbocycles. The minimum absolute atomic E-state index is 0.840. The summed E-state index contributed by atoms with van der Waals surface area (Å²) in [5, 5.41) is -0.840. The molecule has 6 heavy (non-hydrogen) atoms. The quantitative estimate of drug-likeness (QED) is 0.466. The average molecular weight is 130 g/mol. The van der Waals surface area contributed by atoms with Gasteiger partial charge >= 0.3 is 10.1 Å². The van der Waals surface area contributed by atoms with Crippen molar-refractivity contribution in [3.05, 3.63) is 0 Å². The summed E-state index contributed by atoms with van der Waals surface area (Å²) in [4.78, 5) is 0. The number of alkyl halides is 1. The summed E-state index contributed by atoms with van der Waals surface area (Å²) < 4.78 is 27.9. The van der Waals surface area contributed by atoms with Crippen LogP contribution in [0.2, 0.25) is 0 Å². The molecule has 0 saturated carbocycles. The molecule has 0 aromatic rings. The molecule has 0 fully saturated rings. The highest BCUT2D eigenvalue weighted by Gasteiger charge is 1.99. The third-order valence-corrected chi connectivity index (χ3v) is 1.20. The third-order valence-electron chi connectivity index (χ3n) is 0.134. The smallest absolute Gasteiger partial charge is 0.196 e. The molecule has 0 unspecified atom stereocenters. The molecule has 0 aliphatic heterocycles. The fourth-order valence-electron chi connectivity index (χ4n) is 0. The third kappa shape index (κ3) is 4.20. The van der Waals surface area contributed by atoms with Crippen LogP contribution >= 0.6 is 11.6 Å². The predicted molar refractivity (Wildman–Crippen MR) is 20.3 cm³/mol. The molecule has 0 atom stereocenters. The van der Waals surface area contributed by atoms with E-state index in [1.165, 1.54) is 0 Å². The monoisotopic (exact) mass is 129 g/mol. The van der Waals surface area contributed by atoms with Crippen molar-refractivity contribution in [3.63, 3.8) is 0 Å². The average Bonchev–Trinajstić information content (AvgIpc) is 1.35. The molecular formula is CH2ClO3S. The largest absolute Gasteiger partial charge is 0.308 e. The van der Waals surface area contributed by atoms with E-state index in [1.807, 2.05) is 0 Å². The molecule has 0 N–H and O–H groups in total. The van der Waals surface area contributed by atoms with Gasteiger partial charge in [-0.15, -0.1) is 11.6 Å². The Morgan fingerprint density at radius 2 is 1.67 bits per heavy atom. The molecule has 0 aromatic heterocycles. The number of halogens is 1. The van der Waals surface area contributed by atoms with Crippen molar-refractivity contribution in [1.29, 1.82) is 0 Å². The number of hydrogen-bond donors (Lipinski definition) is 0. The first-order chi connectivity index (χ1) is 2.56. The van der Waals surface area contributed by atoms with Crippen LogP contribution in [0.1, 0.15) is 0 Å². The van der Waals surface area contributed by atoms with Crippen LogP contribution < -0.4 is 0 Å². The molecule has 0 bridgehead atoms. The van der Waals surface area contributed by atoms with Crippen LogP contribution in [0, 0.1) is 0 Å². The van der Waals surface area contributed by atoms with Gasteiger partial charge in [-0.2, -0.15) is 8.42 Å². The molecule has 0 heterocycles. The Balaban J connectivity index is 3.85. The topological polar surface area (TPSA) is 54.0 Å². The maximum absolute atomic E-state index is 9.31. The standard InChI is InChI=1S/CH2ClO3S/c2-1-6(3,4)5/h1H2. The van der Waals surface area contributed by atoms with E-state index in [0.717, 1.165) is 0 Å². The zero-order valence-electron chi connectivity index (χ0n) is 2.72. The van der Waals surface area contributed by atoms with Gasteiger partial charge < -0.3 is 0 Å². The Kier molecular flexibility index (Phi) is 1.83. The summed E-state index contributed by atoms with van der Waals surface area (Å²) in [7, 11) is -4.15. The van der Waals surface area contributed by atoms with E-state index in [2.05, 4.69) is 11.6 Å². The van der Waals surface area contributed by atoms with Crippen molar-refractivity contribution < 1.29 is 13.0 Å². The lowest BCUT2D eigenvalue weighted by molar-refractivity contribution is 0.419. The maximum atomic E-state index is 9.31. The van der Waals surface area contributed by atoms with Crippen LogP contribution in [0.15, 0.2) is 0 Å². The normalized spacial score (nSPS) is 11.7. The van der Waals surface area contributed by atoms with E-state index in [1.54, 1.807) is 0 Å². The van der Waals surface area contributed by atoms with Gasteiger partial charge in [0.2, 0.25) is 0 Å². The molecular weight excluding hydrogens is 128 g/mol. The molecule has 37 valence electrons. The van der Waals surface area contributed by atoms with E-state index in [0.29, 0.717) is 0 Å². The van der Waals surface area contributed by atoms with E-state index >= 15 is 0 Å². The lowest BCUT2D eigenvalue weighted by Gasteiger charge is -1.73. The second-order valence-corrected chi connectivity index (χ2v) is 2.66. The van der Waals surface area contributed by atoms with Crippen molar-refractivity contribution >= 4 is 21.7 Å².